The van der Waals surface area contributed by atoms with E-state index in [2.05, 4.69) is 0 Å². The molecule has 0 unspecified atom stereocenters. The van der Waals surface area contributed by atoms with E-state index in [0.29, 0.717) is 29.3 Å². The van der Waals surface area contributed by atoms with Gasteiger partial charge in [0.05, 0.1) is 5.92 Å². The summed E-state index contributed by atoms with van der Waals surface area (Å²) in [7, 11) is 0. The average Bonchev–Trinajstić information content (AvgIpc) is 2.33. The van der Waals surface area contributed by atoms with E-state index >= 15 is 0 Å². The van der Waals surface area contributed by atoms with Crippen LogP contribution >= 0.6 is 23.2 Å². The quantitative estimate of drug-likeness (QED) is 0.738. The van der Waals surface area contributed by atoms with Crippen molar-refractivity contribution >= 4 is 34.8 Å². The molecule has 0 aliphatic carbocycles. The molecule has 0 amide bonds. The third kappa shape index (κ3) is 4.11. The van der Waals surface area contributed by atoms with Crippen LogP contribution in [0.4, 0.5) is 0 Å². The van der Waals surface area contributed by atoms with Gasteiger partial charge in [-0.3, -0.25) is 9.59 Å². The summed E-state index contributed by atoms with van der Waals surface area (Å²) in [5.41, 5.74) is 0.820. The highest BCUT2D eigenvalue weighted by Crippen LogP contribution is 2.22. The van der Waals surface area contributed by atoms with Crippen molar-refractivity contribution in [3.05, 3.63) is 33.8 Å². The molecule has 2 nitrogen and oxygen atoms in total. The van der Waals surface area contributed by atoms with Crippen LogP contribution in [0.1, 0.15) is 32.3 Å². The largest absolute Gasteiger partial charge is 0.299 e. The molecule has 0 fully saturated rings. The molecular weight excluding hydrogens is 271 g/mol. The number of rotatable bonds is 6. The van der Waals surface area contributed by atoms with Crippen molar-refractivity contribution in [2.24, 2.45) is 5.92 Å². The highest BCUT2D eigenvalue weighted by Gasteiger charge is 2.24. The molecule has 0 N–H and O–H groups in total. The number of Topliss-reactive ketones (excluding diaryl/α,β-unsaturated/α-hetero) is 2. The molecule has 0 aliphatic rings. The van der Waals surface area contributed by atoms with Gasteiger partial charge >= 0.3 is 0 Å². The lowest BCUT2D eigenvalue weighted by Gasteiger charge is -2.13. The van der Waals surface area contributed by atoms with E-state index in [1.54, 1.807) is 32.0 Å². The number of halogens is 2. The molecule has 18 heavy (non-hydrogen) atoms. The fourth-order valence-corrected chi connectivity index (χ4v) is 2.44. The van der Waals surface area contributed by atoms with Crippen molar-refractivity contribution < 1.29 is 9.59 Å². The van der Waals surface area contributed by atoms with E-state index in [4.69, 9.17) is 23.2 Å². The topological polar surface area (TPSA) is 34.1 Å². The Bertz CT molecular complexity index is 419. The van der Waals surface area contributed by atoms with Gasteiger partial charge in [0.15, 0.2) is 0 Å². The summed E-state index contributed by atoms with van der Waals surface area (Å²) in [5.74, 6) is -0.634. The van der Waals surface area contributed by atoms with Crippen LogP contribution in [0.15, 0.2) is 18.2 Å². The van der Waals surface area contributed by atoms with Gasteiger partial charge < -0.3 is 0 Å². The summed E-state index contributed by atoms with van der Waals surface area (Å²) in [5, 5.41) is 1.04. The SMILES string of the molecule is CCC(=O)C(Cc1cc(Cl)cc(Cl)c1)C(=O)CC. The molecule has 0 aliphatic heterocycles. The molecule has 0 radical (unpaired) electrons. The van der Waals surface area contributed by atoms with Crippen LogP contribution in [-0.2, 0) is 16.0 Å². The van der Waals surface area contributed by atoms with Gasteiger partial charge in [-0.1, -0.05) is 37.0 Å². The smallest absolute Gasteiger partial charge is 0.143 e. The first-order chi connectivity index (χ1) is 8.47. The van der Waals surface area contributed by atoms with Crippen LogP contribution in [0.2, 0.25) is 10.0 Å². The maximum atomic E-state index is 11.8. The molecule has 0 bridgehead atoms. The average molecular weight is 287 g/mol. The molecular formula is C14H16Cl2O2. The molecule has 98 valence electrons. The van der Waals surface area contributed by atoms with Gasteiger partial charge in [0.25, 0.3) is 0 Å². The van der Waals surface area contributed by atoms with Gasteiger partial charge in [0.2, 0.25) is 0 Å². The maximum Gasteiger partial charge on any atom is 0.143 e. The highest BCUT2D eigenvalue weighted by atomic mass is 35.5. The van der Waals surface area contributed by atoms with E-state index < -0.39 is 5.92 Å². The second-order valence-electron chi connectivity index (χ2n) is 4.17. The number of hydrogen-bond donors (Lipinski definition) is 0. The fraction of sp³-hybridized carbons (Fsp3) is 0.429. The zero-order chi connectivity index (χ0) is 13.7. The van der Waals surface area contributed by atoms with Crippen LogP contribution in [-0.4, -0.2) is 11.6 Å². The minimum Gasteiger partial charge on any atom is -0.299 e. The molecule has 0 spiro atoms. The van der Waals surface area contributed by atoms with E-state index in [0.717, 1.165) is 5.56 Å². The standard InChI is InChI=1S/C14H16Cl2O2/c1-3-13(17)12(14(18)4-2)7-9-5-10(15)8-11(16)6-9/h5-6,8,12H,3-4,7H2,1-2H3. The van der Waals surface area contributed by atoms with E-state index in [1.807, 2.05) is 0 Å². The lowest BCUT2D eigenvalue weighted by molar-refractivity contribution is -0.132. The van der Waals surface area contributed by atoms with Crippen molar-refractivity contribution in [2.45, 2.75) is 33.1 Å². The second kappa shape index (κ2) is 6.91. The van der Waals surface area contributed by atoms with Crippen molar-refractivity contribution in [3.63, 3.8) is 0 Å². The Kier molecular flexibility index (Phi) is 5.83. The molecule has 1 aromatic rings. The first-order valence-electron chi connectivity index (χ1n) is 5.98. The van der Waals surface area contributed by atoms with Gasteiger partial charge in [-0.05, 0) is 30.2 Å². The highest BCUT2D eigenvalue weighted by molar-refractivity contribution is 6.34. The Hall–Kier alpha value is -0.860. The predicted octanol–water partition coefficient (Wildman–Crippen LogP) is 4.11. The molecule has 1 rings (SSSR count). The number of hydrogen-bond acceptors (Lipinski definition) is 2. The number of carbonyl (C=O) groups is 2. The van der Waals surface area contributed by atoms with Gasteiger partial charge in [-0.15, -0.1) is 0 Å². The fourth-order valence-electron chi connectivity index (χ4n) is 1.86. The Morgan fingerprint density at radius 1 is 1.00 bits per heavy atom. The first-order valence-corrected chi connectivity index (χ1v) is 6.73. The van der Waals surface area contributed by atoms with E-state index in [1.165, 1.54) is 0 Å². The molecule has 0 saturated heterocycles. The van der Waals surface area contributed by atoms with Crippen LogP contribution in [0.3, 0.4) is 0 Å². The first kappa shape index (κ1) is 15.2. The second-order valence-corrected chi connectivity index (χ2v) is 5.05. The lowest BCUT2D eigenvalue weighted by Crippen LogP contribution is -2.25. The monoisotopic (exact) mass is 286 g/mol. The van der Waals surface area contributed by atoms with Crippen molar-refractivity contribution in [2.75, 3.05) is 0 Å². The zero-order valence-corrected chi connectivity index (χ0v) is 12.0. The predicted molar refractivity (Wildman–Crippen MR) is 74.3 cm³/mol. The summed E-state index contributed by atoms with van der Waals surface area (Å²) < 4.78 is 0. The molecule has 0 saturated carbocycles. The number of carbonyl (C=O) groups excluding carboxylic acids is 2. The minimum absolute atomic E-state index is 0.0297. The lowest BCUT2D eigenvalue weighted by atomic mass is 9.89. The van der Waals surface area contributed by atoms with Crippen LogP contribution < -0.4 is 0 Å². The molecule has 0 aromatic heterocycles. The summed E-state index contributed by atoms with van der Waals surface area (Å²) >= 11 is 11.8. The molecule has 1 aromatic carbocycles. The summed E-state index contributed by atoms with van der Waals surface area (Å²) in [6, 6.07) is 5.11. The Labute approximate surface area is 117 Å². The minimum atomic E-state index is -0.575. The Morgan fingerprint density at radius 3 is 1.83 bits per heavy atom. The third-order valence-corrected chi connectivity index (χ3v) is 3.27. The number of benzene rings is 1. The van der Waals surface area contributed by atoms with E-state index in [-0.39, 0.29) is 11.6 Å². The van der Waals surface area contributed by atoms with Crippen LogP contribution in [0, 0.1) is 5.92 Å². The zero-order valence-electron chi connectivity index (χ0n) is 10.5. The summed E-state index contributed by atoms with van der Waals surface area (Å²) in [4.78, 5) is 23.6. The van der Waals surface area contributed by atoms with Gasteiger partial charge in [-0.25, -0.2) is 0 Å². The number of ketones is 2. The van der Waals surface area contributed by atoms with Crippen molar-refractivity contribution in [1.29, 1.82) is 0 Å². The Morgan fingerprint density at radius 2 is 1.44 bits per heavy atom. The van der Waals surface area contributed by atoms with Crippen LogP contribution in [0.5, 0.6) is 0 Å². The van der Waals surface area contributed by atoms with Gasteiger partial charge in [0, 0.05) is 22.9 Å². The van der Waals surface area contributed by atoms with Crippen LogP contribution in [0.25, 0.3) is 0 Å². The summed E-state index contributed by atoms with van der Waals surface area (Å²) in [6.45, 7) is 3.53. The molecule has 0 heterocycles. The molecule has 0 atom stereocenters. The van der Waals surface area contributed by atoms with Crippen molar-refractivity contribution in [1.82, 2.24) is 0 Å². The summed E-state index contributed by atoms with van der Waals surface area (Å²) in [6.07, 6.45) is 1.11. The Balaban J connectivity index is 2.95. The normalized spacial score (nSPS) is 10.7. The van der Waals surface area contributed by atoms with Gasteiger partial charge in [0.1, 0.15) is 11.6 Å². The van der Waals surface area contributed by atoms with E-state index in [9.17, 15) is 9.59 Å². The van der Waals surface area contributed by atoms with Crippen molar-refractivity contribution in [3.8, 4) is 0 Å². The van der Waals surface area contributed by atoms with Gasteiger partial charge in [-0.2, -0.15) is 0 Å². The maximum absolute atomic E-state index is 11.8. The third-order valence-electron chi connectivity index (χ3n) is 2.84. The molecule has 4 heteroatoms.